The zero-order chi connectivity index (χ0) is 10.4. The average molecular weight is 188 g/mol. The van der Waals surface area contributed by atoms with Crippen LogP contribution >= 0.6 is 0 Å². The molecule has 0 aliphatic heterocycles. The van der Waals surface area contributed by atoms with Crippen LogP contribution in [0.4, 0.5) is 0 Å². The maximum absolute atomic E-state index is 10.6. The Morgan fingerprint density at radius 1 is 1.46 bits per heavy atom. The maximum atomic E-state index is 10.6. The molecule has 0 radical (unpaired) electrons. The van der Waals surface area contributed by atoms with Crippen molar-refractivity contribution in [3.63, 3.8) is 0 Å². The highest BCUT2D eigenvalue weighted by molar-refractivity contribution is 5.79. The van der Waals surface area contributed by atoms with Gasteiger partial charge in [-0.05, 0) is 19.3 Å². The number of amides is 1. The van der Waals surface area contributed by atoms with E-state index in [1.165, 1.54) is 0 Å². The predicted molar refractivity (Wildman–Crippen MR) is 52.1 cm³/mol. The quantitative estimate of drug-likeness (QED) is 0.543. The van der Waals surface area contributed by atoms with Crippen LogP contribution in [-0.4, -0.2) is 29.7 Å². The van der Waals surface area contributed by atoms with E-state index >= 15 is 0 Å². The summed E-state index contributed by atoms with van der Waals surface area (Å²) in [4.78, 5) is 10.6. The molecule has 0 aromatic rings. The first kappa shape index (κ1) is 12.4. The number of hydrogen-bond acceptors (Lipinski definition) is 3. The van der Waals surface area contributed by atoms with E-state index in [0.29, 0.717) is 12.5 Å². The number of hydrogen-bond donors (Lipinski definition) is 3. The van der Waals surface area contributed by atoms with Crippen molar-refractivity contribution in [2.24, 2.45) is 11.7 Å². The lowest BCUT2D eigenvalue weighted by Gasteiger charge is -2.16. The standard InChI is InChI=1S/C9H20N2O2/c1-6(2)4-8(12)5-11-7(3)9(10)13/h6-8,11-12H,4-5H2,1-3H3,(H2,10,13). The summed E-state index contributed by atoms with van der Waals surface area (Å²) >= 11 is 0. The monoisotopic (exact) mass is 188 g/mol. The first-order valence-electron chi connectivity index (χ1n) is 4.64. The summed E-state index contributed by atoms with van der Waals surface area (Å²) in [5.74, 6) is 0.0671. The van der Waals surface area contributed by atoms with Crippen molar-refractivity contribution < 1.29 is 9.90 Å². The summed E-state index contributed by atoms with van der Waals surface area (Å²) in [6.45, 7) is 6.19. The van der Waals surface area contributed by atoms with Crippen molar-refractivity contribution in [1.82, 2.24) is 5.32 Å². The summed E-state index contributed by atoms with van der Waals surface area (Å²) in [6.07, 6.45) is 0.333. The molecule has 0 aromatic carbocycles. The van der Waals surface area contributed by atoms with E-state index in [2.05, 4.69) is 5.32 Å². The van der Waals surface area contributed by atoms with Gasteiger partial charge in [-0.1, -0.05) is 13.8 Å². The Morgan fingerprint density at radius 2 is 2.00 bits per heavy atom. The van der Waals surface area contributed by atoms with Gasteiger partial charge in [-0.2, -0.15) is 0 Å². The van der Waals surface area contributed by atoms with Gasteiger partial charge in [-0.3, -0.25) is 4.79 Å². The van der Waals surface area contributed by atoms with Crippen LogP contribution in [0, 0.1) is 5.92 Å². The van der Waals surface area contributed by atoms with E-state index < -0.39 is 12.0 Å². The zero-order valence-corrected chi connectivity index (χ0v) is 8.58. The number of aliphatic hydroxyl groups excluding tert-OH is 1. The second kappa shape index (κ2) is 5.94. The van der Waals surface area contributed by atoms with Gasteiger partial charge in [0.1, 0.15) is 0 Å². The highest BCUT2D eigenvalue weighted by Gasteiger charge is 2.11. The van der Waals surface area contributed by atoms with Crippen LogP contribution in [0.1, 0.15) is 27.2 Å². The van der Waals surface area contributed by atoms with Crippen molar-refractivity contribution >= 4 is 5.91 Å². The van der Waals surface area contributed by atoms with Crippen LogP contribution in [0.25, 0.3) is 0 Å². The Kier molecular flexibility index (Phi) is 5.66. The van der Waals surface area contributed by atoms with Crippen LogP contribution in [0.15, 0.2) is 0 Å². The average Bonchev–Trinajstić information content (AvgIpc) is 1.98. The SMILES string of the molecule is CC(C)CC(O)CNC(C)C(N)=O. The summed E-state index contributed by atoms with van der Waals surface area (Å²) < 4.78 is 0. The van der Waals surface area contributed by atoms with Crippen LogP contribution in [0.5, 0.6) is 0 Å². The van der Waals surface area contributed by atoms with Gasteiger partial charge in [-0.15, -0.1) is 0 Å². The minimum absolute atomic E-state index is 0.373. The number of aliphatic hydroxyl groups is 1. The molecule has 1 amide bonds. The number of nitrogens with one attached hydrogen (secondary N) is 1. The predicted octanol–water partition coefficient (Wildman–Crippen LogP) is -0.143. The maximum Gasteiger partial charge on any atom is 0.234 e. The fourth-order valence-electron chi connectivity index (χ4n) is 1.04. The molecule has 13 heavy (non-hydrogen) atoms. The van der Waals surface area contributed by atoms with Crippen LogP contribution in [0.2, 0.25) is 0 Å². The number of rotatable bonds is 6. The molecule has 0 aliphatic rings. The molecule has 0 heterocycles. The molecule has 2 unspecified atom stereocenters. The van der Waals surface area contributed by atoms with Crippen LogP contribution in [0.3, 0.4) is 0 Å². The van der Waals surface area contributed by atoms with Gasteiger partial charge in [0.05, 0.1) is 12.1 Å². The van der Waals surface area contributed by atoms with E-state index in [4.69, 9.17) is 5.73 Å². The Balaban J connectivity index is 3.57. The second-order valence-corrected chi connectivity index (χ2v) is 3.82. The normalized spacial score (nSPS) is 15.8. The van der Waals surface area contributed by atoms with Gasteiger partial charge >= 0.3 is 0 Å². The lowest BCUT2D eigenvalue weighted by molar-refractivity contribution is -0.119. The van der Waals surface area contributed by atoms with Gasteiger partial charge < -0.3 is 16.2 Å². The third-order valence-electron chi connectivity index (χ3n) is 1.83. The van der Waals surface area contributed by atoms with E-state index in [-0.39, 0.29) is 6.04 Å². The molecule has 0 bridgehead atoms. The van der Waals surface area contributed by atoms with E-state index in [0.717, 1.165) is 6.42 Å². The molecule has 4 N–H and O–H groups in total. The number of carbonyl (C=O) groups excluding carboxylic acids is 1. The van der Waals surface area contributed by atoms with Crippen molar-refractivity contribution in [2.45, 2.75) is 39.3 Å². The molecule has 2 atom stereocenters. The van der Waals surface area contributed by atoms with Gasteiger partial charge in [0, 0.05) is 6.54 Å². The largest absolute Gasteiger partial charge is 0.392 e. The Labute approximate surface area is 79.5 Å². The first-order valence-corrected chi connectivity index (χ1v) is 4.64. The van der Waals surface area contributed by atoms with Crippen molar-refractivity contribution in [1.29, 1.82) is 0 Å². The van der Waals surface area contributed by atoms with Gasteiger partial charge in [0.25, 0.3) is 0 Å². The molecule has 0 saturated heterocycles. The Bertz CT molecular complexity index is 160. The fraction of sp³-hybridized carbons (Fsp3) is 0.889. The molecule has 78 valence electrons. The van der Waals surface area contributed by atoms with Gasteiger partial charge in [-0.25, -0.2) is 0 Å². The lowest BCUT2D eigenvalue weighted by Crippen LogP contribution is -2.42. The highest BCUT2D eigenvalue weighted by Crippen LogP contribution is 2.03. The zero-order valence-electron chi connectivity index (χ0n) is 8.58. The molecule has 0 aliphatic carbocycles. The molecule has 0 rings (SSSR count). The van der Waals surface area contributed by atoms with Crippen molar-refractivity contribution in [2.75, 3.05) is 6.54 Å². The van der Waals surface area contributed by atoms with Crippen LogP contribution in [-0.2, 0) is 4.79 Å². The molecule has 4 nitrogen and oxygen atoms in total. The number of carbonyl (C=O) groups is 1. The van der Waals surface area contributed by atoms with E-state index in [9.17, 15) is 9.90 Å². The molecule has 4 heteroatoms. The minimum Gasteiger partial charge on any atom is -0.392 e. The number of nitrogens with two attached hydrogens (primary N) is 1. The summed E-state index contributed by atoms with van der Waals surface area (Å²) in [6, 6.07) is -0.373. The van der Waals surface area contributed by atoms with Crippen LogP contribution < -0.4 is 11.1 Å². The third-order valence-corrected chi connectivity index (χ3v) is 1.83. The topological polar surface area (TPSA) is 75.3 Å². The Hall–Kier alpha value is -0.610. The van der Waals surface area contributed by atoms with Crippen molar-refractivity contribution in [3.05, 3.63) is 0 Å². The summed E-state index contributed by atoms with van der Waals surface area (Å²) in [5.41, 5.74) is 5.04. The highest BCUT2D eigenvalue weighted by atomic mass is 16.3. The summed E-state index contributed by atoms with van der Waals surface area (Å²) in [5, 5.41) is 12.3. The smallest absolute Gasteiger partial charge is 0.234 e. The molecule has 0 spiro atoms. The molecule has 0 saturated carbocycles. The third kappa shape index (κ3) is 6.54. The summed E-state index contributed by atoms with van der Waals surface area (Å²) in [7, 11) is 0. The second-order valence-electron chi connectivity index (χ2n) is 3.82. The van der Waals surface area contributed by atoms with E-state index in [1.54, 1.807) is 6.92 Å². The molecular weight excluding hydrogens is 168 g/mol. The molecular formula is C9H20N2O2. The molecule has 0 aromatic heterocycles. The first-order chi connectivity index (χ1) is 5.93. The Morgan fingerprint density at radius 3 is 2.38 bits per heavy atom. The van der Waals surface area contributed by atoms with E-state index in [1.807, 2.05) is 13.8 Å². The fourth-order valence-corrected chi connectivity index (χ4v) is 1.04. The van der Waals surface area contributed by atoms with Gasteiger partial charge in [0.2, 0.25) is 5.91 Å². The minimum atomic E-state index is -0.401. The van der Waals surface area contributed by atoms with Gasteiger partial charge in [0.15, 0.2) is 0 Å². The molecule has 0 fully saturated rings. The van der Waals surface area contributed by atoms with Crippen molar-refractivity contribution in [3.8, 4) is 0 Å². The lowest BCUT2D eigenvalue weighted by atomic mass is 10.1. The number of primary amides is 1.